The number of alkyl halides is 2. The minimum atomic E-state index is -2.94. The van der Waals surface area contributed by atoms with Crippen molar-refractivity contribution >= 4 is 5.91 Å². The fourth-order valence-corrected chi connectivity index (χ4v) is 3.55. The summed E-state index contributed by atoms with van der Waals surface area (Å²) >= 11 is 0. The van der Waals surface area contributed by atoms with E-state index in [-0.39, 0.29) is 29.9 Å². The number of amides is 1. The maximum Gasteiger partial charge on any atom is 0.387 e. The highest BCUT2D eigenvalue weighted by Crippen LogP contribution is 2.33. The zero-order valence-corrected chi connectivity index (χ0v) is 17.9. The third-order valence-electron chi connectivity index (χ3n) is 5.34. The molecule has 32 heavy (non-hydrogen) atoms. The summed E-state index contributed by atoms with van der Waals surface area (Å²) in [6, 6.07) is 14.4. The van der Waals surface area contributed by atoms with Crippen LogP contribution in [0.25, 0.3) is 11.5 Å². The number of benzene rings is 2. The van der Waals surface area contributed by atoms with Crippen LogP contribution in [0.2, 0.25) is 0 Å². The predicted molar refractivity (Wildman–Crippen MR) is 114 cm³/mol. The summed E-state index contributed by atoms with van der Waals surface area (Å²) < 4.78 is 40.6. The molecule has 0 saturated heterocycles. The molecule has 1 aliphatic rings. The summed E-state index contributed by atoms with van der Waals surface area (Å²) in [5.74, 6) is 1.20. The predicted octanol–water partition coefficient (Wildman–Crippen LogP) is 4.99. The summed E-state index contributed by atoms with van der Waals surface area (Å²) in [4.78, 5) is 19.5. The second-order valence-electron chi connectivity index (χ2n) is 7.68. The average molecular weight is 442 g/mol. The molecule has 1 aliphatic carbocycles. The van der Waals surface area contributed by atoms with Gasteiger partial charge in [0.05, 0.1) is 19.2 Å². The molecule has 0 unspecified atom stereocenters. The highest BCUT2D eigenvalue weighted by molar-refractivity contribution is 5.79. The molecule has 1 fully saturated rings. The van der Waals surface area contributed by atoms with Crippen LogP contribution in [0.3, 0.4) is 0 Å². The molecular weight excluding hydrogens is 418 g/mol. The van der Waals surface area contributed by atoms with Crippen molar-refractivity contribution in [2.75, 3.05) is 7.11 Å². The first kappa shape index (κ1) is 21.8. The van der Waals surface area contributed by atoms with Gasteiger partial charge >= 0.3 is 6.61 Å². The summed E-state index contributed by atoms with van der Waals surface area (Å²) in [7, 11) is 1.39. The lowest BCUT2D eigenvalue weighted by molar-refractivity contribution is -0.131. The molecule has 6 nitrogen and oxygen atoms in total. The van der Waals surface area contributed by atoms with E-state index in [4.69, 9.17) is 9.15 Å². The van der Waals surface area contributed by atoms with Crippen LogP contribution in [-0.4, -0.2) is 35.6 Å². The number of carbonyl (C=O) groups is 1. The smallest absolute Gasteiger partial charge is 0.387 e. The summed E-state index contributed by atoms with van der Waals surface area (Å²) in [6.45, 7) is -0.793. The van der Waals surface area contributed by atoms with Crippen LogP contribution < -0.4 is 9.47 Å². The van der Waals surface area contributed by atoms with E-state index < -0.39 is 6.61 Å². The van der Waals surface area contributed by atoms with E-state index >= 15 is 0 Å². The summed E-state index contributed by atoms with van der Waals surface area (Å²) in [5.41, 5.74) is 2.23. The number of carbonyl (C=O) groups excluding carboxylic acids is 1. The van der Waals surface area contributed by atoms with E-state index in [2.05, 4.69) is 9.72 Å². The molecule has 0 aliphatic heterocycles. The molecule has 3 aromatic rings. The van der Waals surface area contributed by atoms with Gasteiger partial charge in [0.25, 0.3) is 0 Å². The Morgan fingerprint density at radius 2 is 1.94 bits per heavy atom. The standard InChI is InChI=1S/C24H24F2N2O4/c1-15-19(27-23(31-15)17-6-4-3-5-7-17)13-22(29)28(18-9-10-18)14-16-8-11-20(32-24(25)26)21(12-16)30-2/h3-8,11-12,18,24H,9-10,13-14H2,1-2H3. The molecule has 4 rings (SSSR count). The Balaban J connectivity index is 1.49. The molecule has 8 heteroatoms. The van der Waals surface area contributed by atoms with Crippen molar-refractivity contribution in [2.24, 2.45) is 0 Å². The summed E-state index contributed by atoms with van der Waals surface area (Å²) in [6.07, 6.45) is 1.99. The molecule has 0 atom stereocenters. The van der Waals surface area contributed by atoms with Crippen molar-refractivity contribution in [3.63, 3.8) is 0 Å². The van der Waals surface area contributed by atoms with E-state index in [1.165, 1.54) is 13.2 Å². The van der Waals surface area contributed by atoms with Gasteiger partial charge in [0, 0.05) is 18.2 Å². The Morgan fingerprint density at radius 1 is 1.19 bits per heavy atom. The molecule has 2 aromatic carbocycles. The number of hydrogen-bond acceptors (Lipinski definition) is 5. The third-order valence-corrected chi connectivity index (χ3v) is 5.34. The minimum Gasteiger partial charge on any atom is -0.493 e. The average Bonchev–Trinajstić information content (AvgIpc) is 3.56. The molecule has 0 bridgehead atoms. The van der Waals surface area contributed by atoms with Crippen molar-refractivity contribution in [3.8, 4) is 23.0 Å². The van der Waals surface area contributed by atoms with Gasteiger partial charge in [-0.15, -0.1) is 0 Å². The van der Waals surface area contributed by atoms with Crippen molar-refractivity contribution in [2.45, 2.75) is 45.4 Å². The molecule has 0 radical (unpaired) electrons. The van der Waals surface area contributed by atoms with Crippen LogP contribution >= 0.6 is 0 Å². The maximum absolute atomic E-state index is 13.2. The number of hydrogen-bond donors (Lipinski definition) is 0. The fourth-order valence-electron chi connectivity index (χ4n) is 3.55. The highest BCUT2D eigenvalue weighted by Gasteiger charge is 2.33. The lowest BCUT2D eigenvalue weighted by Crippen LogP contribution is -2.34. The molecular formula is C24H24F2N2O4. The third kappa shape index (κ3) is 5.07. The Kier molecular flexibility index (Phi) is 6.39. The van der Waals surface area contributed by atoms with Crippen molar-refractivity contribution in [1.29, 1.82) is 0 Å². The van der Waals surface area contributed by atoms with Crippen LogP contribution in [0, 0.1) is 6.92 Å². The topological polar surface area (TPSA) is 64.8 Å². The number of oxazole rings is 1. The van der Waals surface area contributed by atoms with Gasteiger partial charge in [0.2, 0.25) is 11.8 Å². The van der Waals surface area contributed by atoms with Crippen LogP contribution in [0.5, 0.6) is 11.5 Å². The maximum atomic E-state index is 13.2. The lowest BCUT2D eigenvalue weighted by Gasteiger charge is -2.23. The second kappa shape index (κ2) is 9.38. The largest absolute Gasteiger partial charge is 0.493 e. The van der Waals surface area contributed by atoms with E-state index in [0.29, 0.717) is 23.9 Å². The van der Waals surface area contributed by atoms with E-state index in [1.807, 2.05) is 30.3 Å². The zero-order valence-electron chi connectivity index (χ0n) is 17.9. The Morgan fingerprint density at radius 3 is 2.59 bits per heavy atom. The van der Waals surface area contributed by atoms with Crippen molar-refractivity contribution in [1.82, 2.24) is 9.88 Å². The second-order valence-corrected chi connectivity index (χ2v) is 7.68. The van der Waals surface area contributed by atoms with Crippen LogP contribution in [0.15, 0.2) is 52.9 Å². The number of aryl methyl sites for hydroxylation is 1. The van der Waals surface area contributed by atoms with Crippen LogP contribution in [-0.2, 0) is 17.8 Å². The Labute approximate surface area is 184 Å². The highest BCUT2D eigenvalue weighted by atomic mass is 19.3. The van der Waals surface area contributed by atoms with E-state index in [1.54, 1.807) is 24.0 Å². The van der Waals surface area contributed by atoms with Crippen LogP contribution in [0.1, 0.15) is 29.9 Å². The van der Waals surface area contributed by atoms with Gasteiger partial charge in [-0.05, 0) is 49.6 Å². The van der Waals surface area contributed by atoms with Crippen molar-refractivity contribution < 1.29 is 27.5 Å². The molecule has 1 amide bonds. The van der Waals surface area contributed by atoms with Gasteiger partial charge in [-0.2, -0.15) is 8.78 Å². The van der Waals surface area contributed by atoms with E-state index in [9.17, 15) is 13.6 Å². The van der Waals surface area contributed by atoms with Gasteiger partial charge in [0.15, 0.2) is 11.5 Å². The number of methoxy groups -OCH3 is 1. The van der Waals surface area contributed by atoms with Crippen molar-refractivity contribution in [3.05, 3.63) is 65.5 Å². The number of halogens is 2. The van der Waals surface area contributed by atoms with E-state index in [0.717, 1.165) is 24.0 Å². The van der Waals surface area contributed by atoms with Crippen LogP contribution in [0.4, 0.5) is 8.78 Å². The zero-order chi connectivity index (χ0) is 22.7. The quantitative estimate of drug-likeness (QED) is 0.467. The Hall–Kier alpha value is -3.42. The van der Waals surface area contributed by atoms with Gasteiger partial charge in [-0.25, -0.2) is 4.98 Å². The number of ether oxygens (including phenoxy) is 2. The normalized spacial score (nSPS) is 13.3. The number of aromatic nitrogens is 1. The molecule has 168 valence electrons. The first-order valence-electron chi connectivity index (χ1n) is 10.4. The molecule has 1 aromatic heterocycles. The SMILES string of the molecule is COc1cc(CN(C(=O)Cc2nc(-c3ccccc3)oc2C)C2CC2)ccc1OC(F)F. The molecule has 1 saturated carbocycles. The number of rotatable bonds is 9. The number of nitrogens with zero attached hydrogens (tertiary/aromatic N) is 2. The Bertz CT molecular complexity index is 1080. The van der Waals surface area contributed by atoms with Gasteiger partial charge in [-0.1, -0.05) is 24.3 Å². The fraction of sp³-hybridized carbons (Fsp3) is 0.333. The monoisotopic (exact) mass is 442 g/mol. The molecule has 0 spiro atoms. The molecule has 0 N–H and O–H groups in total. The van der Waals surface area contributed by atoms with Gasteiger partial charge in [-0.3, -0.25) is 4.79 Å². The first-order chi connectivity index (χ1) is 15.4. The van der Waals surface area contributed by atoms with Gasteiger partial charge in [0.1, 0.15) is 5.76 Å². The summed E-state index contributed by atoms with van der Waals surface area (Å²) in [5, 5.41) is 0. The van der Waals surface area contributed by atoms with Gasteiger partial charge < -0.3 is 18.8 Å². The first-order valence-corrected chi connectivity index (χ1v) is 10.4. The lowest BCUT2D eigenvalue weighted by atomic mass is 10.1. The molecule has 1 heterocycles. The minimum absolute atomic E-state index is 0.0396.